The van der Waals surface area contributed by atoms with Crippen LogP contribution in [0.25, 0.3) is 0 Å². The van der Waals surface area contributed by atoms with E-state index < -0.39 is 51.9 Å². The molecule has 96 valence electrons. The largest absolute Gasteiger partial charge is 0.330 e. The van der Waals surface area contributed by atoms with Gasteiger partial charge in [0.2, 0.25) is 17.4 Å². The minimum absolute atomic E-state index is 0.101. The standard InChI is InChI=1S/C10HF7O/c11-3-1-2-4(6(13)5(3)12)10(16,17)9(15)7(14)8(2)18/h1H. The Morgan fingerprint density at radius 1 is 0.944 bits per heavy atom. The lowest BCUT2D eigenvalue weighted by Crippen LogP contribution is -2.29. The highest BCUT2D eigenvalue weighted by Gasteiger charge is 2.51. The van der Waals surface area contributed by atoms with Crippen molar-refractivity contribution in [3.8, 4) is 0 Å². The summed E-state index contributed by atoms with van der Waals surface area (Å²) >= 11 is 0. The molecule has 0 bridgehead atoms. The van der Waals surface area contributed by atoms with Crippen LogP contribution in [0.4, 0.5) is 30.7 Å². The highest BCUT2D eigenvalue weighted by Crippen LogP contribution is 2.46. The van der Waals surface area contributed by atoms with Crippen molar-refractivity contribution in [2.45, 2.75) is 5.92 Å². The summed E-state index contributed by atoms with van der Waals surface area (Å²) in [5.74, 6) is -18.8. The number of halogens is 7. The van der Waals surface area contributed by atoms with Gasteiger partial charge in [-0.3, -0.25) is 4.79 Å². The molecule has 0 radical (unpaired) electrons. The van der Waals surface area contributed by atoms with Crippen molar-refractivity contribution in [3.05, 3.63) is 46.3 Å². The molecule has 1 nitrogen and oxygen atoms in total. The van der Waals surface area contributed by atoms with Crippen LogP contribution in [0.2, 0.25) is 0 Å². The van der Waals surface area contributed by atoms with Crippen molar-refractivity contribution in [2.75, 3.05) is 0 Å². The Labute approximate surface area is 94.5 Å². The Hall–Kier alpha value is -1.86. The maximum atomic E-state index is 13.2. The van der Waals surface area contributed by atoms with Crippen molar-refractivity contribution in [3.63, 3.8) is 0 Å². The van der Waals surface area contributed by atoms with Gasteiger partial charge in [-0.15, -0.1) is 0 Å². The lowest BCUT2D eigenvalue weighted by atomic mass is 9.90. The summed E-state index contributed by atoms with van der Waals surface area (Å²) in [5.41, 5.74) is -3.46. The van der Waals surface area contributed by atoms with Gasteiger partial charge in [-0.2, -0.15) is 13.2 Å². The van der Waals surface area contributed by atoms with Crippen LogP contribution < -0.4 is 0 Å². The van der Waals surface area contributed by atoms with Gasteiger partial charge in [0.15, 0.2) is 17.5 Å². The molecule has 0 N–H and O–H groups in total. The predicted molar refractivity (Wildman–Crippen MR) is 43.8 cm³/mol. The Bertz CT molecular complexity index is 603. The topological polar surface area (TPSA) is 17.1 Å². The van der Waals surface area contributed by atoms with Crippen LogP contribution in [0, 0.1) is 17.5 Å². The third-order valence-corrected chi connectivity index (χ3v) is 2.39. The highest BCUT2D eigenvalue weighted by atomic mass is 19.3. The average Bonchev–Trinajstić information content (AvgIpc) is 2.30. The van der Waals surface area contributed by atoms with E-state index in [0.29, 0.717) is 0 Å². The van der Waals surface area contributed by atoms with Gasteiger partial charge in [0.05, 0.1) is 5.56 Å². The molecule has 1 aromatic rings. The fourth-order valence-corrected chi connectivity index (χ4v) is 1.55. The molecule has 0 aliphatic heterocycles. The van der Waals surface area contributed by atoms with Crippen molar-refractivity contribution >= 4 is 5.78 Å². The van der Waals surface area contributed by atoms with Crippen LogP contribution in [-0.4, -0.2) is 5.78 Å². The minimum atomic E-state index is -4.87. The average molecular weight is 270 g/mol. The summed E-state index contributed by atoms with van der Waals surface area (Å²) in [5, 5.41) is 0. The van der Waals surface area contributed by atoms with Crippen LogP contribution >= 0.6 is 0 Å². The molecular weight excluding hydrogens is 269 g/mol. The third-order valence-electron chi connectivity index (χ3n) is 2.39. The molecule has 2 rings (SSSR count). The van der Waals surface area contributed by atoms with Gasteiger partial charge < -0.3 is 0 Å². The number of benzene rings is 1. The zero-order valence-corrected chi connectivity index (χ0v) is 8.13. The van der Waals surface area contributed by atoms with Crippen molar-refractivity contribution in [1.82, 2.24) is 0 Å². The minimum Gasteiger partial charge on any atom is -0.286 e. The van der Waals surface area contributed by atoms with E-state index in [2.05, 4.69) is 0 Å². The van der Waals surface area contributed by atoms with E-state index in [-0.39, 0.29) is 6.07 Å². The Morgan fingerprint density at radius 3 is 2.06 bits per heavy atom. The van der Waals surface area contributed by atoms with Crippen molar-refractivity contribution in [2.24, 2.45) is 0 Å². The molecule has 8 heteroatoms. The molecule has 0 amide bonds. The molecule has 0 fully saturated rings. The number of alkyl halides is 2. The molecule has 0 saturated heterocycles. The highest BCUT2D eigenvalue weighted by molar-refractivity contribution is 6.10. The Balaban J connectivity index is 2.91. The van der Waals surface area contributed by atoms with Gasteiger partial charge in [-0.05, 0) is 6.07 Å². The molecule has 0 atom stereocenters. The molecule has 18 heavy (non-hydrogen) atoms. The molecule has 0 heterocycles. The molecular formula is C10HF7O. The fraction of sp³-hybridized carbons (Fsp3) is 0.100. The van der Waals surface area contributed by atoms with E-state index in [4.69, 9.17) is 0 Å². The van der Waals surface area contributed by atoms with E-state index >= 15 is 0 Å². The van der Waals surface area contributed by atoms with E-state index in [1.807, 2.05) is 0 Å². The maximum Gasteiger partial charge on any atom is 0.330 e. The monoisotopic (exact) mass is 270 g/mol. The summed E-state index contributed by atoms with van der Waals surface area (Å²) in [7, 11) is 0. The lowest BCUT2D eigenvalue weighted by Gasteiger charge is -2.23. The number of Topliss-reactive ketones (excluding diaryl/α,β-unsaturated/α-hetero) is 1. The summed E-state index contributed by atoms with van der Waals surface area (Å²) in [6.07, 6.45) is 0. The van der Waals surface area contributed by atoms with Gasteiger partial charge in [-0.25, -0.2) is 17.6 Å². The van der Waals surface area contributed by atoms with Crippen LogP contribution in [0.5, 0.6) is 0 Å². The molecule has 1 aliphatic rings. The first-order valence-corrected chi connectivity index (χ1v) is 4.35. The number of hydrogen-bond acceptors (Lipinski definition) is 1. The number of carbonyl (C=O) groups excluding carboxylic acids is 1. The molecule has 1 aliphatic carbocycles. The molecule has 1 aromatic carbocycles. The molecule has 0 saturated carbocycles. The van der Waals surface area contributed by atoms with Crippen LogP contribution in [0.3, 0.4) is 0 Å². The summed E-state index contributed by atoms with van der Waals surface area (Å²) in [4.78, 5) is 11.1. The van der Waals surface area contributed by atoms with Gasteiger partial charge >= 0.3 is 5.92 Å². The van der Waals surface area contributed by atoms with Gasteiger partial charge in [0.25, 0.3) is 0 Å². The number of hydrogen-bond donors (Lipinski definition) is 0. The zero-order valence-electron chi connectivity index (χ0n) is 8.13. The van der Waals surface area contributed by atoms with Gasteiger partial charge in [-0.1, -0.05) is 0 Å². The number of ketones is 1. The first-order chi connectivity index (χ1) is 8.19. The second-order valence-corrected chi connectivity index (χ2v) is 3.44. The first kappa shape index (κ1) is 12.6. The molecule has 0 spiro atoms. The van der Waals surface area contributed by atoms with Crippen molar-refractivity contribution in [1.29, 1.82) is 0 Å². The Kier molecular flexibility index (Phi) is 2.49. The van der Waals surface area contributed by atoms with Crippen LogP contribution in [0.1, 0.15) is 15.9 Å². The fourth-order valence-electron chi connectivity index (χ4n) is 1.55. The summed E-state index contributed by atoms with van der Waals surface area (Å²) in [6.45, 7) is 0. The zero-order chi connectivity index (χ0) is 13.8. The molecule has 0 unspecified atom stereocenters. The second-order valence-electron chi connectivity index (χ2n) is 3.44. The predicted octanol–water partition coefficient (Wildman–Crippen LogP) is 3.54. The van der Waals surface area contributed by atoms with E-state index in [9.17, 15) is 35.5 Å². The third kappa shape index (κ3) is 1.37. The maximum absolute atomic E-state index is 13.2. The van der Waals surface area contributed by atoms with Crippen LogP contribution in [0.15, 0.2) is 17.7 Å². The van der Waals surface area contributed by atoms with E-state index in [1.165, 1.54) is 0 Å². The van der Waals surface area contributed by atoms with E-state index in [1.54, 1.807) is 0 Å². The SMILES string of the molecule is O=C1C(F)=C(F)C(F)(F)c2c1cc(F)c(F)c2F. The van der Waals surface area contributed by atoms with E-state index in [0.717, 1.165) is 0 Å². The van der Waals surface area contributed by atoms with Crippen LogP contribution in [-0.2, 0) is 5.92 Å². The Morgan fingerprint density at radius 2 is 1.50 bits per heavy atom. The number of allylic oxidation sites excluding steroid dienone is 2. The number of rotatable bonds is 0. The number of fused-ring (bicyclic) bond motifs is 1. The molecule has 0 aromatic heterocycles. The van der Waals surface area contributed by atoms with Gasteiger partial charge in [0.1, 0.15) is 0 Å². The summed E-state index contributed by atoms with van der Waals surface area (Å²) < 4.78 is 90.9. The normalized spacial score (nSPS) is 18.1. The summed E-state index contributed by atoms with van der Waals surface area (Å²) in [6, 6.07) is -0.101. The second kappa shape index (κ2) is 3.56. The smallest absolute Gasteiger partial charge is 0.286 e. The number of carbonyl (C=O) groups is 1. The first-order valence-electron chi connectivity index (χ1n) is 4.35. The van der Waals surface area contributed by atoms with Gasteiger partial charge in [0, 0.05) is 5.56 Å². The quantitative estimate of drug-likeness (QED) is 0.520. The lowest BCUT2D eigenvalue weighted by molar-refractivity contribution is 0.00159. The van der Waals surface area contributed by atoms with Crippen molar-refractivity contribution < 1.29 is 35.5 Å².